The number of amides is 1. The van der Waals surface area contributed by atoms with Crippen molar-refractivity contribution in [1.82, 2.24) is 4.57 Å². The summed E-state index contributed by atoms with van der Waals surface area (Å²) < 4.78 is 3.02. The number of nitrogens with zero attached hydrogens (tertiary/aromatic N) is 2. The maximum atomic E-state index is 12.5. The first-order valence-electron chi connectivity index (χ1n) is 7.32. The van der Waals surface area contributed by atoms with E-state index in [1.54, 1.807) is 12.1 Å². The van der Waals surface area contributed by atoms with Gasteiger partial charge in [-0.05, 0) is 42.8 Å². The fraction of sp³-hybridized carbons (Fsp3) is 0.176. The fourth-order valence-electron chi connectivity index (χ4n) is 2.38. The molecule has 3 nitrogen and oxygen atoms in total. The number of rotatable bonds is 3. The third-order valence-electron chi connectivity index (χ3n) is 3.45. The van der Waals surface area contributed by atoms with Crippen LogP contribution in [-0.4, -0.2) is 10.5 Å². The highest BCUT2D eigenvalue weighted by molar-refractivity contribution is 7.16. The van der Waals surface area contributed by atoms with E-state index in [1.807, 2.05) is 22.8 Å². The first-order valence-corrected chi connectivity index (χ1v) is 9.27. The topological polar surface area (TPSA) is 34.4 Å². The number of hydrogen-bond acceptors (Lipinski definition) is 2. The van der Waals surface area contributed by atoms with Gasteiger partial charge < -0.3 is 4.57 Å². The van der Waals surface area contributed by atoms with Gasteiger partial charge in [0.2, 0.25) is 0 Å². The minimum Gasteiger partial charge on any atom is -0.316 e. The first-order chi connectivity index (χ1) is 11.5. The minimum absolute atomic E-state index is 0.294. The Hall–Kier alpha value is -1.33. The van der Waals surface area contributed by atoms with Crippen molar-refractivity contribution in [3.8, 4) is 0 Å². The zero-order valence-corrected chi connectivity index (χ0v) is 15.8. The Bertz CT molecular complexity index is 991. The van der Waals surface area contributed by atoms with Crippen molar-refractivity contribution < 1.29 is 4.79 Å². The molecule has 1 amide bonds. The highest BCUT2D eigenvalue weighted by atomic mass is 35.5. The molecule has 0 radical (unpaired) electrons. The molecule has 0 aliphatic carbocycles. The van der Waals surface area contributed by atoms with Crippen molar-refractivity contribution in [2.24, 2.45) is 4.99 Å². The third-order valence-corrected chi connectivity index (χ3v) is 5.27. The summed E-state index contributed by atoms with van der Waals surface area (Å²) in [5, 5.41) is 1.43. The van der Waals surface area contributed by atoms with Gasteiger partial charge in [-0.3, -0.25) is 4.79 Å². The maximum absolute atomic E-state index is 12.5. The van der Waals surface area contributed by atoms with Gasteiger partial charge in [-0.25, -0.2) is 0 Å². The first kappa shape index (κ1) is 17.5. The van der Waals surface area contributed by atoms with E-state index in [9.17, 15) is 4.79 Å². The normalized spacial score (nSPS) is 12.1. The van der Waals surface area contributed by atoms with Crippen LogP contribution in [0.2, 0.25) is 15.1 Å². The van der Waals surface area contributed by atoms with Gasteiger partial charge in [0.15, 0.2) is 4.80 Å². The molecule has 2 aromatic carbocycles. The van der Waals surface area contributed by atoms with E-state index in [4.69, 9.17) is 34.8 Å². The molecule has 0 saturated carbocycles. The lowest BCUT2D eigenvalue weighted by Gasteiger charge is -2.03. The summed E-state index contributed by atoms with van der Waals surface area (Å²) in [5.41, 5.74) is 1.35. The summed E-state index contributed by atoms with van der Waals surface area (Å²) in [4.78, 5) is 17.4. The van der Waals surface area contributed by atoms with Crippen molar-refractivity contribution in [3.63, 3.8) is 0 Å². The molecular formula is C17H13Cl3N2OS. The number of thiazole rings is 1. The second kappa shape index (κ2) is 7.28. The predicted octanol–water partition coefficient (Wildman–Crippen LogP) is 5.81. The van der Waals surface area contributed by atoms with E-state index in [2.05, 4.69) is 11.9 Å². The number of fused-ring (bicyclic) bond motifs is 1. The number of aromatic nitrogens is 1. The van der Waals surface area contributed by atoms with E-state index in [0.29, 0.717) is 25.4 Å². The SMILES string of the molecule is CCCn1c(=NC(=O)c2ccc(Cl)cc2Cl)sc2cc(Cl)ccc21. The molecule has 1 aromatic heterocycles. The van der Waals surface area contributed by atoms with Crippen molar-refractivity contribution in [2.75, 3.05) is 0 Å². The summed E-state index contributed by atoms with van der Waals surface area (Å²) in [6.07, 6.45) is 0.928. The molecule has 0 aliphatic rings. The van der Waals surface area contributed by atoms with Gasteiger partial charge in [0.25, 0.3) is 5.91 Å². The predicted molar refractivity (Wildman–Crippen MR) is 101 cm³/mol. The monoisotopic (exact) mass is 398 g/mol. The summed E-state index contributed by atoms with van der Waals surface area (Å²) in [7, 11) is 0. The van der Waals surface area contributed by atoms with Gasteiger partial charge in [0.05, 0.1) is 20.8 Å². The van der Waals surface area contributed by atoms with Crippen molar-refractivity contribution in [2.45, 2.75) is 19.9 Å². The van der Waals surface area contributed by atoms with Gasteiger partial charge in [-0.15, -0.1) is 0 Å². The highest BCUT2D eigenvalue weighted by Crippen LogP contribution is 2.24. The summed E-state index contributed by atoms with van der Waals surface area (Å²) in [5.74, 6) is -0.390. The van der Waals surface area contributed by atoms with Crippen molar-refractivity contribution in [1.29, 1.82) is 0 Å². The molecule has 0 saturated heterocycles. The Labute approximate surface area is 158 Å². The van der Waals surface area contributed by atoms with Crippen molar-refractivity contribution >= 4 is 62.3 Å². The molecule has 3 rings (SSSR count). The highest BCUT2D eigenvalue weighted by Gasteiger charge is 2.12. The molecular weight excluding hydrogens is 387 g/mol. The molecule has 0 atom stereocenters. The molecule has 0 unspecified atom stereocenters. The summed E-state index contributed by atoms with van der Waals surface area (Å²) in [6, 6.07) is 10.4. The summed E-state index contributed by atoms with van der Waals surface area (Å²) >= 11 is 19.5. The van der Waals surface area contributed by atoms with Crippen LogP contribution in [0.5, 0.6) is 0 Å². The van der Waals surface area contributed by atoms with Crippen LogP contribution in [0.3, 0.4) is 0 Å². The maximum Gasteiger partial charge on any atom is 0.281 e. The van der Waals surface area contributed by atoms with Gasteiger partial charge in [-0.2, -0.15) is 4.99 Å². The van der Waals surface area contributed by atoms with Crippen LogP contribution in [0.4, 0.5) is 0 Å². The molecule has 24 heavy (non-hydrogen) atoms. The number of aryl methyl sites for hydroxylation is 1. The number of benzene rings is 2. The van der Waals surface area contributed by atoms with Crippen molar-refractivity contribution in [3.05, 3.63) is 61.8 Å². The number of carbonyl (C=O) groups is 1. The summed E-state index contributed by atoms with van der Waals surface area (Å²) in [6.45, 7) is 2.84. The van der Waals surface area contributed by atoms with Gasteiger partial charge in [0.1, 0.15) is 0 Å². The lowest BCUT2D eigenvalue weighted by molar-refractivity contribution is 0.0998. The van der Waals surface area contributed by atoms with Crippen LogP contribution in [-0.2, 0) is 6.54 Å². The van der Waals surface area contributed by atoms with E-state index in [1.165, 1.54) is 17.4 Å². The molecule has 0 N–H and O–H groups in total. The van der Waals surface area contributed by atoms with Crippen LogP contribution in [0.15, 0.2) is 41.4 Å². The molecule has 1 heterocycles. The molecule has 0 aliphatic heterocycles. The van der Waals surface area contributed by atoms with Gasteiger partial charge in [-0.1, -0.05) is 53.1 Å². The van der Waals surface area contributed by atoms with Gasteiger partial charge in [0, 0.05) is 16.6 Å². The zero-order valence-electron chi connectivity index (χ0n) is 12.7. The second-order valence-corrected chi connectivity index (χ2v) is 7.48. The van der Waals surface area contributed by atoms with Crippen LogP contribution in [0, 0.1) is 0 Å². The Morgan fingerprint density at radius 3 is 2.54 bits per heavy atom. The quantitative estimate of drug-likeness (QED) is 0.547. The molecule has 3 aromatic rings. The lowest BCUT2D eigenvalue weighted by atomic mass is 10.2. The lowest BCUT2D eigenvalue weighted by Crippen LogP contribution is -2.17. The number of halogens is 3. The van der Waals surface area contributed by atoms with Crippen LogP contribution in [0.25, 0.3) is 10.2 Å². The molecule has 124 valence electrons. The fourth-order valence-corrected chi connectivity index (χ4v) is 4.20. The van der Waals surface area contributed by atoms with Crippen LogP contribution in [0.1, 0.15) is 23.7 Å². The number of carbonyl (C=O) groups excluding carboxylic acids is 1. The Morgan fingerprint density at radius 1 is 1.12 bits per heavy atom. The smallest absolute Gasteiger partial charge is 0.281 e. The van der Waals surface area contributed by atoms with E-state index in [-0.39, 0.29) is 5.91 Å². The van der Waals surface area contributed by atoms with E-state index >= 15 is 0 Å². The zero-order chi connectivity index (χ0) is 17.3. The Balaban J connectivity index is 2.14. The van der Waals surface area contributed by atoms with Crippen LogP contribution < -0.4 is 4.80 Å². The average molecular weight is 400 g/mol. The van der Waals surface area contributed by atoms with Crippen LogP contribution >= 0.6 is 46.1 Å². The van der Waals surface area contributed by atoms with E-state index in [0.717, 1.165) is 23.2 Å². The molecule has 0 fully saturated rings. The molecule has 7 heteroatoms. The number of hydrogen-bond donors (Lipinski definition) is 0. The Kier molecular flexibility index (Phi) is 5.30. The van der Waals surface area contributed by atoms with Gasteiger partial charge >= 0.3 is 0 Å². The minimum atomic E-state index is -0.390. The molecule has 0 spiro atoms. The molecule has 0 bridgehead atoms. The average Bonchev–Trinajstić information content (AvgIpc) is 2.84. The largest absolute Gasteiger partial charge is 0.316 e. The van der Waals surface area contributed by atoms with E-state index < -0.39 is 0 Å². The third kappa shape index (κ3) is 3.52. The second-order valence-electron chi connectivity index (χ2n) is 5.19. The Morgan fingerprint density at radius 2 is 1.83 bits per heavy atom. The standard InChI is InChI=1S/C17H13Cl3N2OS/c1-2-7-22-14-6-4-11(19)9-15(14)24-17(22)21-16(23)12-5-3-10(18)8-13(12)20/h3-6,8-9H,2,7H2,1H3.